The van der Waals surface area contributed by atoms with E-state index in [0.29, 0.717) is 23.9 Å². The minimum absolute atomic E-state index is 0.00947. The van der Waals surface area contributed by atoms with E-state index in [0.717, 1.165) is 29.5 Å². The fourth-order valence-electron chi connectivity index (χ4n) is 3.95. The van der Waals surface area contributed by atoms with Gasteiger partial charge in [0, 0.05) is 19.2 Å². The molecule has 1 N–H and O–H groups in total. The quantitative estimate of drug-likeness (QED) is 0.483. The lowest BCUT2D eigenvalue weighted by Crippen LogP contribution is -2.53. The molecule has 5 rings (SSSR count). The van der Waals surface area contributed by atoms with Crippen molar-refractivity contribution in [2.24, 2.45) is 5.41 Å². The molecule has 0 radical (unpaired) electrons. The highest BCUT2D eigenvalue weighted by atomic mass is 32.2. The van der Waals surface area contributed by atoms with Gasteiger partial charge in [-0.1, -0.05) is 0 Å². The van der Waals surface area contributed by atoms with Crippen LogP contribution in [0.3, 0.4) is 0 Å². The number of hydrogen-bond donors (Lipinski definition) is 1. The van der Waals surface area contributed by atoms with Crippen LogP contribution in [0.2, 0.25) is 0 Å². The maximum Gasteiger partial charge on any atom is 0.301 e. The summed E-state index contributed by atoms with van der Waals surface area (Å²) in [5, 5.41) is 9.60. The number of nitrogens with one attached hydrogen (secondary N) is 1. The number of ether oxygens (including phenoxy) is 1. The van der Waals surface area contributed by atoms with Gasteiger partial charge in [-0.2, -0.15) is 22.4 Å². The molecule has 2 fully saturated rings. The zero-order valence-electron chi connectivity index (χ0n) is 18.5. The molecule has 0 atom stereocenters. The predicted octanol–water partition coefficient (Wildman–Crippen LogP) is 2.49. The van der Waals surface area contributed by atoms with Crippen molar-refractivity contribution in [3.63, 3.8) is 0 Å². The van der Waals surface area contributed by atoms with Crippen LogP contribution in [0.1, 0.15) is 18.4 Å². The van der Waals surface area contributed by atoms with E-state index in [-0.39, 0.29) is 28.7 Å². The van der Waals surface area contributed by atoms with Gasteiger partial charge in [0.15, 0.2) is 11.6 Å². The van der Waals surface area contributed by atoms with Crippen molar-refractivity contribution in [1.82, 2.24) is 14.0 Å². The van der Waals surface area contributed by atoms with Crippen LogP contribution in [0.15, 0.2) is 35.4 Å². The van der Waals surface area contributed by atoms with Crippen LogP contribution in [0.4, 0.5) is 18.9 Å². The van der Waals surface area contributed by atoms with Crippen molar-refractivity contribution in [2.75, 3.05) is 31.1 Å². The average molecular weight is 521 g/mol. The number of benzene rings is 2. The molecule has 1 spiro atoms. The zero-order chi connectivity index (χ0) is 25.7. The molecule has 1 saturated heterocycles. The average Bonchev–Trinajstić information content (AvgIpc) is 3.63. The van der Waals surface area contributed by atoms with Crippen LogP contribution in [-0.4, -0.2) is 48.8 Å². The topological polar surface area (TPSA) is 127 Å². The van der Waals surface area contributed by atoms with Crippen LogP contribution >= 0.6 is 0 Å². The predicted molar refractivity (Wildman–Crippen MR) is 120 cm³/mol. The van der Waals surface area contributed by atoms with Crippen molar-refractivity contribution in [3.05, 3.63) is 58.1 Å². The third kappa shape index (κ3) is 4.20. The summed E-state index contributed by atoms with van der Waals surface area (Å²) in [7, 11) is -4.11. The van der Waals surface area contributed by atoms with Gasteiger partial charge in [0.1, 0.15) is 37.0 Å². The van der Waals surface area contributed by atoms with Crippen molar-refractivity contribution in [2.45, 2.75) is 12.8 Å². The molecule has 2 heterocycles. The number of alkyl halides is 1. The fraction of sp³-hybridized carbons (Fsp3) is 0.318. The summed E-state index contributed by atoms with van der Waals surface area (Å²) in [5.74, 6) is -4.01. The Bertz CT molecular complexity index is 1580. The lowest BCUT2D eigenvalue weighted by Gasteiger charge is -2.38. The van der Waals surface area contributed by atoms with Crippen LogP contribution in [-0.2, 0) is 10.2 Å². The first kappa shape index (κ1) is 23.9. The summed E-state index contributed by atoms with van der Waals surface area (Å²) in [6, 6.07) is 6.03. The molecule has 1 aliphatic carbocycles. The molecule has 0 unspecified atom stereocenters. The second kappa shape index (κ2) is 8.68. The van der Waals surface area contributed by atoms with E-state index in [1.165, 1.54) is 12.1 Å². The van der Waals surface area contributed by atoms with Gasteiger partial charge >= 0.3 is 10.2 Å². The molecule has 14 heteroatoms. The Hall–Kier alpha value is -3.83. The number of rotatable bonds is 8. The Morgan fingerprint density at radius 1 is 1.22 bits per heavy atom. The van der Waals surface area contributed by atoms with E-state index in [2.05, 4.69) is 9.71 Å². The highest BCUT2D eigenvalue weighted by Gasteiger charge is 2.55. The number of aromatic nitrogens is 2. The van der Waals surface area contributed by atoms with Crippen LogP contribution in [0, 0.1) is 28.4 Å². The maximum atomic E-state index is 14.7. The lowest BCUT2D eigenvalue weighted by atomic mass is 10.0. The van der Waals surface area contributed by atoms with Crippen LogP contribution < -0.4 is 19.9 Å². The first-order chi connectivity index (χ1) is 17.2. The first-order valence-corrected chi connectivity index (χ1v) is 12.2. The van der Waals surface area contributed by atoms with E-state index >= 15 is 0 Å². The third-order valence-corrected chi connectivity index (χ3v) is 7.49. The van der Waals surface area contributed by atoms with Crippen molar-refractivity contribution in [1.29, 1.82) is 5.26 Å². The fourth-order valence-corrected chi connectivity index (χ4v) is 5.41. The van der Waals surface area contributed by atoms with Gasteiger partial charge in [0.05, 0.1) is 16.6 Å². The SMILES string of the molecule is N#Cc1c(NS(=O)(=O)N2CC3(CC3)C2)cc(F)c(F)c1Oc1ccc2ncn(OCCF)c(=O)c2c1. The molecule has 188 valence electrons. The summed E-state index contributed by atoms with van der Waals surface area (Å²) >= 11 is 0. The van der Waals surface area contributed by atoms with Gasteiger partial charge in [-0.05, 0) is 36.5 Å². The molecule has 1 aliphatic heterocycles. The highest BCUT2D eigenvalue weighted by molar-refractivity contribution is 7.90. The maximum absolute atomic E-state index is 14.7. The smallest absolute Gasteiger partial charge is 0.301 e. The molecule has 1 aromatic heterocycles. The van der Waals surface area contributed by atoms with Crippen molar-refractivity contribution >= 4 is 26.8 Å². The number of nitriles is 1. The van der Waals surface area contributed by atoms with Crippen molar-refractivity contribution in [3.8, 4) is 17.6 Å². The van der Waals surface area contributed by atoms with Gasteiger partial charge in [-0.3, -0.25) is 9.52 Å². The van der Waals surface area contributed by atoms with E-state index in [1.54, 1.807) is 6.07 Å². The second-order valence-electron chi connectivity index (χ2n) is 8.59. The van der Waals surface area contributed by atoms with Crippen LogP contribution in [0.25, 0.3) is 10.9 Å². The van der Waals surface area contributed by atoms with Gasteiger partial charge in [0.25, 0.3) is 5.56 Å². The Labute approximate surface area is 202 Å². The molecule has 0 amide bonds. The van der Waals surface area contributed by atoms with Crippen LogP contribution in [0.5, 0.6) is 11.5 Å². The van der Waals surface area contributed by atoms with Gasteiger partial charge < -0.3 is 9.57 Å². The standard InChI is InChI=1S/C22H18F3N5O5S/c23-5-6-34-30-12-27-17-2-1-13(7-14(17)21(30)31)35-20-15(9-26)18(8-16(24)19(20)25)28-36(32,33)29-10-22(11-29)3-4-22/h1-2,7-8,12,28H,3-6,10-11H2. The van der Waals surface area contributed by atoms with Gasteiger partial charge in [0.2, 0.25) is 5.82 Å². The van der Waals surface area contributed by atoms with E-state index in [4.69, 9.17) is 9.57 Å². The highest BCUT2D eigenvalue weighted by Crippen LogP contribution is 2.53. The number of anilines is 1. The van der Waals surface area contributed by atoms with E-state index in [1.807, 2.05) is 0 Å². The van der Waals surface area contributed by atoms with E-state index < -0.39 is 51.1 Å². The Morgan fingerprint density at radius 3 is 2.64 bits per heavy atom. The minimum Gasteiger partial charge on any atom is -0.453 e. The molecular weight excluding hydrogens is 503 g/mol. The second-order valence-corrected chi connectivity index (χ2v) is 10.3. The summed E-state index contributed by atoms with van der Waals surface area (Å²) in [4.78, 5) is 21.5. The largest absolute Gasteiger partial charge is 0.453 e. The number of halogens is 3. The zero-order valence-corrected chi connectivity index (χ0v) is 19.3. The molecule has 10 nitrogen and oxygen atoms in total. The summed E-state index contributed by atoms with van der Waals surface area (Å²) < 4.78 is 76.4. The molecule has 36 heavy (non-hydrogen) atoms. The first-order valence-electron chi connectivity index (χ1n) is 10.7. The number of hydrogen-bond acceptors (Lipinski definition) is 7. The van der Waals surface area contributed by atoms with Gasteiger partial charge in [-0.25, -0.2) is 13.8 Å². The van der Waals surface area contributed by atoms with Gasteiger partial charge in [-0.15, -0.1) is 4.73 Å². The summed E-state index contributed by atoms with van der Waals surface area (Å²) in [6.45, 7) is -0.599. The van der Waals surface area contributed by atoms with Crippen molar-refractivity contribution < 1.29 is 31.2 Å². The molecular formula is C22H18F3N5O5S. The molecule has 1 saturated carbocycles. The number of nitrogens with zero attached hydrogens (tertiary/aromatic N) is 4. The minimum atomic E-state index is -4.11. The Kier molecular flexibility index (Phi) is 5.76. The number of fused-ring (bicyclic) bond motifs is 1. The molecule has 3 aromatic rings. The summed E-state index contributed by atoms with van der Waals surface area (Å²) in [6.07, 6.45) is 2.92. The lowest BCUT2D eigenvalue weighted by molar-refractivity contribution is 0.0889. The third-order valence-electron chi connectivity index (χ3n) is 6.08. The summed E-state index contributed by atoms with van der Waals surface area (Å²) in [5.41, 5.74) is -1.57. The molecule has 2 aromatic carbocycles. The monoisotopic (exact) mass is 521 g/mol. The molecule has 2 aliphatic rings. The normalized spacial score (nSPS) is 16.4. The Morgan fingerprint density at radius 2 is 1.97 bits per heavy atom. The molecule has 0 bridgehead atoms. The Balaban J connectivity index is 1.49. The van der Waals surface area contributed by atoms with E-state index in [9.17, 15) is 31.6 Å².